The van der Waals surface area contributed by atoms with Crippen LogP contribution in [0.3, 0.4) is 0 Å². The number of benzene rings is 4. The zero-order valence-electron chi connectivity index (χ0n) is 22.9. The number of aryl methyl sites for hydroxylation is 1. The molecule has 4 aromatic rings. The van der Waals surface area contributed by atoms with Gasteiger partial charge in [-0.25, -0.2) is 5.43 Å². The van der Waals surface area contributed by atoms with E-state index in [4.69, 9.17) is 25.8 Å². The Balaban J connectivity index is 1.26. The zero-order chi connectivity index (χ0) is 29.2. The number of nitrogens with zero attached hydrogens (tertiary/aromatic N) is 1. The summed E-state index contributed by atoms with van der Waals surface area (Å²) < 4.78 is 17.0. The van der Waals surface area contributed by atoms with Crippen molar-refractivity contribution in [1.82, 2.24) is 5.43 Å². The summed E-state index contributed by atoms with van der Waals surface area (Å²) in [6, 6.07) is 24.9. The highest BCUT2D eigenvalue weighted by Gasteiger charge is 2.09. The molecule has 41 heavy (non-hydrogen) atoms. The normalized spacial score (nSPS) is 10.7. The molecule has 0 saturated heterocycles. The number of carbonyl (C=O) groups excluding carboxylic acids is 2. The maximum absolute atomic E-state index is 12.5. The molecule has 210 valence electrons. The van der Waals surface area contributed by atoms with Crippen molar-refractivity contribution in [2.75, 3.05) is 19.0 Å². The monoisotopic (exact) mass is 571 g/mol. The summed E-state index contributed by atoms with van der Waals surface area (Å²) in [5, 5.41) is 7.47. The van der Waals surface area contributed by atoms with Crippen LogP contribution in [-0.2, 0) is 11.4 Å². The fourth-order valence-electron chi connectivity index (χ4n) is 3.78. The molecule has 0 aliphatic rings. The van der Waals surface area contributed by atoms with Crippen LogP contribution in [0.15, 0.2) is 90.0 Å². The molecule has 0 bridgehead atoms. The minimum Gasteiger partial charge on any atom is -0.493 e. The van der Waals surface area contributed by atoms with Crippen molar-refractivity contribution in [3.8, 4) is 17.2 Å². The average Bonchev–Trinajstić information content (AvgIpc) is 2.98. The summed E-state index contributed by atoms with van der Waals surface area (Å²) in [6.45, 7) is 4.17. The lowest BCUT2D eigenvalue weighted by Gasteiger charge is -2.11. The van der Waals surface area contributed by atoms with Gasteiger partial charge in [0, 0.05) is 16.3 Å². The molecule has 2 amide bonds. The van der Waals surface area contributed by atoms with Crippen molar-refractivity contribution in [1.29, 1.82) is 0 Å². The largest absolute Gasteiger partial charge is 0.493 e. The number of amides is 2. The van der Waals surface area contributed by atoms with Crippen molar-refractivity contribution >= 4 is 35.3 Å². The highest BCUT2D eigenvalue weighted by atomic mass is 35.5. The van der Waals surface area contributed by atoms with E-state index in [9.17, 15) is 9.59 Å². The van der Waals surface area contributed by atoms with Gasteiger partial charge in [-0.05, 0) is 96.8 Å². The maximum atomic E-state index is 12.5. The molecule has 2 N–H and O–H groups in total. The minimum atomic E-state index is -0.396. The quantitative estimate of drug-likeness (QED) is 0.162. The van der Waals surface area contributed by atoms with Crippen LogP contribution in [0.1, 0.15) is 32.6 Å². The number of ether oxygens (including phenoxy) is 3. The predicted molar refractivity (Wildman–Crippen MR) is 160 cm³/mol. The predicted octanol–water partition coefficient (Wildman–Crippen LogP) is 6.33. The van der Waals surface area contributed by atoms with Crippen LogP contribution >= 0.6 is 11.6 Å². The summed E-state index contributed by atoms with van der Waals surface area (Å²) in [5.41, 5.74) is 7.20. The first-order valence-electron chi connectivity index (χ1n) is 12.8. The summed E-state index contributed by atoms with van der Waals surface area (Å²) >= 11 is 5.93. The summed E-state index contributed by atoms with van der Waals surface area (Å²) in [4.78, 5) is 24.8. The number of hydrazone groups is 1. The van der Waals surface area contributed by atoms with Gasteiger partial charge in [0.2, 0.25) is 0 Å². The van der Waals surface area contributed by atoms with Crippen LogP contribution in [0.5, 0.6) is 17.2 Å². The SMILES string of the molecule is COc1cc(/C=N/NC(=O)c2ccc(NC(=O)COc3cccc(C)c3C)cc2)ccc1OCc1ccc(Cl)cc1. The van der Waals surface area contributed by atoms with Gasteiger partial charge in [0.25, 0.3) is 11.8 Å². The third-order valence-corrected chi connectivity index (χ3v) is 6.47. The number of nitrogens with one attached hydrogen (secondary N) is 2. The van der Waals surface area contributed by atoms with Crippen molar-refractivity contribution in [2.24, 2.45) is 5.10 Å². The van der Waals surface area contributed by atoms with E-state index in [1.807, 2.05) is 56.3 Å². The minimum absolute atomic E-state index is 0.124. The Kier molecular flexibility index (Phi) is 9.96. The van der Waals surface area contributed by atoms with Crippen molar-refractivity contribution < 1.29 is 23.8 Å². The number of carbonyl (C=O) groups is 2. The van der Waals surface area contributed by atoms with Crippen LogP contribution in [-0.4, -0.2) is 31.7 Å². The van der Waals surface area contributed by atoms with E-state index in [0.29, 0.717) is 45.7 Å². The summed E-state index contributed by atoms with van der Waals surface area (Å²) in [5.74, 6) is 1.08. The molecule has 0 aliphatic carbocycles. The fraction of sp³-hybridized carbons (Fsp3) is 0.156. The molecule has 0 saturated carbocycles. The second-order valence-electron chi connectivity index (χ2n) is 9.14. The smallest absolute Gasteiger partial charge is 0.271 e. The van der Waals surface area contributed by atoms with Crippen molar-refractivity contribution in [3.05, 3.63) is 118 Å². The highest BCUT2D eigenvalue weighted by molar-refractivity contribution is 6.30. The van der Waals surface area contributed by atoms with Crippen LogP contribution in [0.4, 0.5) is 5.69 Å². The topological polar surface area (TPSA) is 98.2 Å². The second kappa shape index (κ2) is 14.0. The Hall–Kier alpha value is -4.82. The molecule has 0 spiro atoms. The standard InChI is InChI=1S/C32H30ClN3O5/c1-21-5-4-6-28(22(21)2)41-20-31(37)35-27-14-10-25(11-15-27)32(38)36-34-18-24-9-16-29(30(17-24)39-3)40-19-23-7-12-26(33)13-8-23/h4-18H,19-20H2,1-3H3,(H,35,37)(H,36,38)/b34-18+. The molecule has 8 nitrogen and oxygen atoms in total. The Morgan fingerprint density at radius 3 is 2.37 bits per heavy atom. The molecular formula is C32H30ClN3O5. The Morgan fingerprint density at radius 2 is 1.63 bits per heavy atom. The fourth-order valence-corrected chi connectivity index (χ4v) is 3.91. The lowest BCUT2D eigenvalue weighted by atomic mass is 10.1. The Labute approximate surface area is 243 Å². The maximum Gasteiger partial charge on any atom is 0.271 e. The van der Waals surface area contributed by atoms with Crippen molar-refractivity contribution in [2.45, 2.75) is 20.5 Å². The first kappa shape index (κ1) is 29.2. The number of anilines is 1. The van der Waals surface area contributed by atoms with Gasteiger partial charge in [-0.3, -0.25) is 9.59 Å². The number of rotatable bonds is 11. The van der Waals surface area contributed by atoms with Gasteiger partial charge in [-0.2, -0.15) is 5.10 Å². The molecule has 0 aliphatic heterocycles. The lowest BCUT2D eigenvalue weighted by Crippen LogP contribution is -2.21. The molecule has 0 fully saturated rings. The third kappa shape index (κ3) is 8.33. The number of halogens is 1. The molecule has 0 atom stereocenters. The van der Waals surface area contributed by atoms with Crippen LogP contribution in [0.25, 0.3) is 0 Å². The third-order valence-electron chi connectivity index (χ3n) is 6.22. The zero-order valence-corrected chi connectivity index (χ0v) is 23.7. The van der Waals surface area contributed by atoms with Gasteiger partial charge in [0.1, 0.15) is 12.4 Å². The van der Waals surface area contributed by atoms with E-state index in [-0.39, 0.29) is 12.5 Å². The molecule has 0 heterocycles. The van der Waals surface area contributed by atoms with Gasteiger partial charge in [-0.1, -0.05) is 35.9 Å². The summed E-state index contributed by atoms with van der Waals surface area (Å²) in [6.07, 6.45) is 1.51. The molecule has 9 heteroatoms. The number of methoxy groups -OCH3 is 1. The van der Waals surface area contributed by atoms with E-state index < -0.39 is 5.91 Å². The molecule has 4 rings (SSSR count). The molecule has 4 aromatic carbocycles. The summed E-state index contributed by atoms with van der Waals surface area (Å²) in [7, 11) is 1.55. The van der Waals surface area contributed by atoms with Crippen LogP contribution < -0.4 is 25.0 Å². The Bertz CT molecular complexity index is 1540. The van der Waals surface area contributed by atoms with Gasteiger partial charge >= 0.3 is 0 Å². The van der Waals surface area contributed by atoms with Gasteiger partial charge in [0.15, 0.2) is 18.1 Å². The van der Waals surface area contributed by atoms with E-state index in [1.54, 1.807) is 49.6 Å². The first-order chi connectivity index (χ1) is 19.8. The van der Waals surface area contributed by atoms with Gasteiger partial charge in [-0.15, -0.1) is 0 Å². The van der Waals surface area contributed by atoms with Crippen LogP contribution in [0, 0.1) is 13.8 Å². The molecule has 0 radical (unpaired) electrons. The van der Waals surface area contributed by atoms with Gasteiger partial charge in [0.05, 0.1) is 13.3 Å². The molecule has 0 unspecified atom stereocenters. The van der Waals surface area contributed by atoms with Crippen molar-refractivity contribution in [3.63, 3.8) is 0 Å². The first-order valence-corrected chi connectivity index (χ1v) is 13.2. The molecular weight excluding hydrogens is 542 g/mol. The van der Waals surface area contributed by atoms with Crippen LogP contribution in [0.2, 0.25) is 5.02 Å². The Morgan fingerprint density at radius 1 is 0.878 bits per heavy atom. The highest BCUT2D eigenvalue weighted by Crippen LogP contribution is 2.28. The van der Waals surface area contributed by atoms with E-state index in [0.717, 1.165) is 16.7 Å². The van der Waals surface area contributed by atoms with E-state index in [2.05, 4.69) is 15.8 Å². The second-order valence-corrected chi connectivity index (χ2v) is 9.57. The number of hydrogen-bond donors (Lipinski definition) is 2. The lowest BCUT2D eigenvalue weighted by molar-refractivity contribution is -0.118. The van der Waals surface area contributed by atoms with Gasteiger partial charge < -0.3 is 19.5 Å². The molecule has 0 aromatic heterocycles. The van der Waals surface area contributed by atoms with E-state index in [1.165, 1.54) is 6.21 Å². The number of hydrogen-bond acceptors (Lipinski definition) is 6. The van der Waals surface area contributed by atoms with E-state index >= 15 is 0 Å². The average molecular weight is 572 g/mol.